The third kappa shape index (κ3) is 4.92. The van der Waals surface area contributed by atoms with Gasteiger partial charge in [0.1, 0.15) is 0 Å². The molecular formula is C12H18N4O3. The van der Waals surface area contributed by atoms with E-state index < -0.39 is 0 Å². The average molecular weight is 266 g/mol. The summed E-state index contributed by atoms with van der Waals surface area (Å²) in [5.74, 6) is -0.611. The minimum absolute atomic E-state index is 0.0827. The van der Waals surface area contributed by atoms with Crippen molar-refractivity contribution in [3.8, 4) is 0 Å². The molecule has 1 heterocycles. The Morgan fingerprint density at radius 3 is 2.84 bits per heavy atom. The molecule has 0 atom stereocenters. The summed E-state index contributed by atoms with van der Waals surface area (Å²) >= 11 is 0. The Morgan fingerprint density at radius 2 is 2.16 bits per heavy atom. The molecule has 0 fully saturated rings. The number of pyridine rings is 1. The SMILES string of the molecule is CNc1ccncc1C(=O)NCC(=O)NCCOC. The van der Waals surface area contributed by atoms with Crippen LogP contribution in [0.2, 0.25) is 0 Å². The topological polar surface area (TPSA) is 92.4 Å². The van der Waals surface area contributed by atoms with Crippen molar-refractivity contribution >= 4 is 17.5 Å². The van der Waals surface area contributed by atoms with Crippen LogP contribution >= 0.6 is 0 Å². The summed E-state index contributed by atoms with van der Waals surface area (Å²) in [7, 11) is 3.26. The molecule has 0 unspecified atom stereocenters. The van der Waals surface area contributed by atoms with Crippen molar-refractivity contribution < 1.29 is 14.3 Å². The van der Waals surface area contributed by atoms with Gasteiger partial charge < -0.3 is 20.7 Å². The van der Waals surface area contributed by atoms with E-state index in [1.165, 1.54) is 6.20 Å². The summed E-state index contributed by atoms with van der Waals surface area (Å²) in [4.78, 5) is 27.1. The molecule has 0 bridgehead atoms. The first kappa shape index (κ1) is 14.9. The number of nitrogens with zero attached hydrogens (tertiary/aromatic N) is 1. The zero-order valence-electron chi connectivity index (χ0n) is 11.0. The van der Waals surface area contributed by atoms with Gasteiger partial charge in [-0.3, -0.25) is 14.6 Å². The van der Waals surface area contributed by atoms with Gasteiger partial charge in [-0.15, -0.1) is 0 Å². The van der Waals surface area contributed by atoms with Gasteiger partial charge in [-0.2, -0.15) is 0 Å². The maximum Gasteiger partial charge on any atom is 0.255 e. The van der Waals surface area contributed by atoms with Crippen LogP contribution in [0.5, 0.6) is 0 Å². The molecule has 7 heteroatoms. The number of methoxy groups -OCH3 is 1. The minimum Gasteiger partial charge on any atom is -0.387 e. The number of carbonyl (C=O) groups excluding carboxylic acids is 2. The Balaban J connectivity index is 2.44. The van der Waals surface area contributed by atoms with Crippen molar-refractivity contribution in [2.75, 3.05) is 39.2 Å². The second kappa shape index (κ2) is 8.04. The van der Waals surface area contributed by atoms with Crippen LogP contribution in [-0.4, -0.2) is 50.7 Å². The summed E-state index contributed by atoms with van der Waals surface area (Å²) in [5, 5.41) is 8.03. The Hall–Kier alpha value is -2.15. The van der Waals surface area contributed by atoms with E-state index in [9.17, 15) is 9.59 Å². The highest BCUT2D eigenvalue weighted by atomic mass is 16.5. The first-order chi connectivity index (χ1) is 9.19. The zero-order valence-corrected chi connectivity index (χ0v) is 11.0. The predicted octanol–water partition coefficient (Wildman–Crippen LogP) is -0.384. The lowest BCUT2D eigenvalue weighted by molar-refractivity contribution is -0.120. The largest absolute Gasteiger partial charge is 0.387 e. The van der Waals surface area contributed by atoms with Crippen molar-refractivity contribution in [2.24, 2.45) is 0 Å². The molecule has 19 heavy (non-hydrogen) atoms. The van der Waals surface area contributed by atoms with Crippen molar-refractivity contribution in [2.45, 2.75) is 0 Å². The predicted molar refractivity (Wildman–Crippen MR) is 71.0 cm³/mol. The summed E-state index contributed by atoms with van der Waals surface area (Å²) in [6, 6.07) is 1.69. The first-order valence-corrected chi connectivity index (χ1v) is 5.84. The molecule has 0 saturated carbocycles. The van der Waals surface area contributed by atoms with Crippen LogP contribution in [0, 0.1) is 0 Å². The lowest BCUT2D eigenvalue weighted by Crippen LogP contribution is -2.38. The van der Waals surface area contributed by atoms with Crippen molar-refractivity contribution in [3.63, 3.8) is 0 Å². The maximum atomic E-state index is 11.9. The number of aromatic nitrogens is 1. The highest BCUT2D eigenvalue weighted by Crippen LogP contribution is 2.11. The quantitative estimate of drug-likeness (QED) is 0.585. The highest BCUT2D eigenvalue weighted by Gasteiger charge is 2.11. The molecule has 1 aromatic rings. The molecule has 0 aliphatic heterocycles. The van der Waals surface area contributed by atoms with E-state index in [1.54, 1.807) is 26.4 Å². The zero-order chi connectivity index (χ0) is 14.1. The van der Waals surface area contributed by atoms with Crippen LogP contribution in [0.4, 0.5) is 5.69 Å². The van der Waals surface area contributed by atoms with Gasteiger partial charge in [0.15, 0.2) is 0 Å². The fourth-order valence-electron chi connectivity index (χ4n) is 1.40. The van der Waals surface area contributed by atoms with Crippen molar-refractivity contribution in [1.29, 1.82) is 0 Å². The summed E-state index contributed by atoms with van der Waals surface area (Å²) < 4.78 is 4.80. The van der Waals surface area contributed by atoms with Crippen LogP contribution in [0.1, 0.15) is 10.4 Å². The molecule has 3 N–H and O–H groups in total. The molecule has 2 amide bonds. The number of rotatable bonds is 7. The number of anilines is 1. The molecule has 104 valence electrons. The van der Waals surface area contributed by atoms with Crippen LogP contribution in [0.25, 0.3) is 0 Å². The van der Waals surface area contributed by atoms with Crippen LogP contribution in [0.3, 0.4) is 0 Å². The Morgan fingerprint density at radius 1 is 1.37 bits per heavy atom. The molecule has 0 aliphatic carbocycles. The van der Waals surface area contributed by atoms with E-state index in [1.807, 2.05) is 0 Å². The number of carbonyl (C=O) groups is 2. The van der Waals surface area contributed by atoms with Gasteiger partial charge >= 0.3 is 0 Å². The van der Waals surface area contributed by atoms with E-state index in [2.05, 4.69) is 20.9 Å². The number of ether oxygens (including phenoxy) is 1. The molecule has 1 aromatic heterocycles. The lowest BCUT2D eigenvalue weighted by Gasteiger charge is -2.09. The minimum atomic E-state index is -0.348. The standard InChI is InChI=1S/C12H18N4O3/c1-13-10-3-4-14-7-9(10)12(18)16-8-11(17)15-5-6-19-2/h3-4,7H,5-6,8H2,1-2H3,(H,13,14)(H,15,17)(H,16,18). The number of hydrogen-bond acceptors (Lipinski definition) is 5. The average Bonchev–Trinajstić information content (AvgIpc) is 2.45. The molecule has 1 rings (SSSR count). The van der Waals surface area contributed by atoms with Crippen molar-refractivity contribution in [3.05, 3.63) is 24.0 Å². The van der Waals surface area contributed by atoms with E-state index in [0.717, 1.165) is 0 Å². The number of amides is 2. The molecular weight excluding hydrogens is 248 g/mol. The van der Waals surface area contributed by atoms with E-state index >= 15 is 0 Å². The fourth-order valence-corrected chi connectivity index (χ4v) is 1.40. The normalized spacial score (nSPS) is 9.79. The molecule has 0 aromatic carbocycles. The van der Waals surface area contributed by atoms with Gasteiger partial charge in [-0.25, -0.2) is 0 Å². The van der Waals surface area contributed by atoms with E-state index in [4.69, 9.17) is 4.74 Å². The van der Waals surface area contributed by atoms with Crippen molar-refractivity contribution in [1.82, 2.24) is 15.6 Å². The smallest absolute Gasteiger partial charge is 0.255 e. The van der Waals surface area contributed by atoms with Gasteiger partial charge in [-0.05, 0) is 6.07 Å². The van der Waals surface area contributed by atoms with Gasteiger partial charge in [0.25, 0.3) is 5.91 Å². The van der Waals surface area contributed by atoms with Crippen LogP contribution in [0.15, 0.2) is 18.5 Å². The van der Waals surface area contributed by atoms with Gasteiger partial charge in [0.2, 0.25) is 5.91 Å². The number of hydrogen-bond donors (Lipinski definition) is 3. The van der Waals surface area contributed by atoms with Crippen LogP contribution < -0.4 is 16.0 Å². The molecule has 0 spiro atoms. The van der Waals surface area contributed by atoms with Gasteiger partial charge in [-0.1, -0.05) is 0 Å². The van der Waals surface area contributed by atoms with Gasteiger partial charge in [0.05, 0.1) is 18.7 Å². The Kier molecular flexibility index (Phi) is 6.31. The second-order valence-electron chi connectivity index (χ2n) is 3.70. The van der Waals surface area contributed by atoms with Gasteiger partial charge in [0, 0.05) is 38.8 Å². The molecule has 0 saturated heterocycles. The Labute approximate surface area is 111 Å². The number of nitrogens with one attached hydrogen (secondary N) is 3. The second-order valence-corrected chi connectivity index (χ2v) is 3.70. The van der Waals surface area contributed by atoms with E-state index in [-0.39, 0.29) is 18.4 Å². The lowest BCUT2D eigenvalue weighted by atomic mass is 10.2. The highest BCUT2D eigenvalue weighted by molar-refractivity contribution is 6.00. The molecule has 0 aliphatic rings. The summed E-state index contributed by atoms with van der Waals surface area (Å²) in [5.41, 5.74) is 1.06. The summed E-state index contributed by atoms with van der Waals surface area (Å²) in [6.45, 7) is 0.770. The summed E-state index contributed by atoms with van der Waals surface area (Å²) in [6.07, 6.45) is 3.03. The fraction of sp³-hybridized carbons (Fsp3) is 0.417. The third-order valence-electron chi connectivity index (χ3n) is 2.37. The monoisotopic (exact) mass is 266 g/mol. The van der Waals surface area contributed by atoms with E-state index in [0.29, 0.717) is 24.4 Å². The Bertz CT molecular complexity index is 437. The third-order valence-corrected chi connectivity index (χ3v) is 2.37. The molecule has 7 nitrogen and oxygen atoms in total. The first-order valence-electron chi connectivity index (χ1n) is 5.84. The maximum absolute atomic E-state index is 11.9. The molecule has 0 radical (unpaired) electrons. The van der Waals surface area contributed by atoms with Crippen LogP contribution in [-0.2, 0) is 9.53 Å².